The van der Waals surface area contributed by atoms with Gasteiger partial charge in [-0.25, -0.2) is 4.57 Å². The number of hydrogen-bond donors (Lipinski definition) is 3. The predicted molar refractivity (Wildman–Crippen MR) is 222 cm³/mol. The minimum atomic E-state index is -4.81. The first-order valence-corrected chi connectivity index (χ1v) is 23.3. The molecule has 0 radical (unpaired) electrons. The van der Waals surface area contributed by atoms with Crippen LogP contribution in [-0.4, -0.2) is 52.3 Å². The molecule has 0 aromatic carbocycles. The minimum Gasteiger partial charge on any atom is -0.462 e. The predicted octanol–water partition coefficient (Wildman–Crippen LogP) is 12.2. The van der Waals surface area contributed by atoms with Crippen molar-refractivity contribution in [2.24, 2.45) is 5.92 Å². The summed E-state index contributed by atoms with van der Waals surface area (Å²) in [6, 6.07) is 0. The van der Waals surface area contributed by atoms with E-state index in [2.05, 4.69) is 37.4 Å². The molecule has 0 amide bonds. The van der Waals surface area contributed by atoms with Crippen LogP contribution in [0.5, 0.6) is 0 Å². The molecule has 0 spiro atoms. The Labute approximate surface area is 330 Å². The van der Waals surface area contributed by atoms with Crippen molar-refractivity contribution in [1.82, 2.24) is 0 Å². The van der Waals surface area contributed by atoms with E-state index < -0.39 is 38.6 Å². The van der Waals surface area contributed by atoms with Gasteiger partial charge in [-0.3, -0.25) is 14.1 Å². The normalized spacial score (nSPS) is 13.5. The highest BCUT2D eigenvalue weighted by Gasteiger charge is 2.23. The van der Waals surface area contributed by atoms with Crippen LogP contribution < -0.4 is 0 Å². The molecule has 316 valence electrons. The number of hydrogen-bond acceptors (Lipinski definition) is 7. The zero-order valence-electron chi connectivity index (χ0n) is 34.6. The summed E-state index contributed by atoms with van der Waals surface area (Å²) in [5, 5.41) is 10.2. The molecular formula is C44H81O9P. The number of carbonyl (C=O) groups excluding carboxylic acids is 2. The third kappa shape index (κ3) is 41.4. The van der Waals surface area contributed by atoms with Crippen LogP contribution in [0.25, 0.3) is 0 Å². The van der Waals surface area contributed by atoms with E-state index >= 15 is 0 Å². The van der Waals surface area contributed by atoms with Crippen molar-refractivity contribution in [2.75, 3.05) is 13.2 Å². The Kier molecular flexibility index (Phi) is 36.9. The van der Waals surface area contributed by atoms with Gasteiger partial charge in [-0.05, 0) is 44.4 Å². The van der Waals surface area contributed by atoms with Gasteiger partial charge in [-0.1, -0.05) is 186 Å². The van der Waals surface area contributed by atoms with E-state index in [1.807, 2.05) is 12.2 Å². The van der Waals surface area contributed by atoms with Crippen molar-refractivity contribution in [1.29, 1.82) is 0 Å². The van der Waals surface area contributed by atoms with Gasteiger partial charge in [0.05, 0.1) is 12.7 Å². The molecule has 0 aliphatic heterocycles. The summed E-state index contributed by atoms with van der Waals surface area (Å²) in [4.78, 5) is 42.9. The summed E-state index contributed by atoms with van der Waals surface area (Å²) in [5.74, 6) is -0.246. The monoisotopic (exact) mass is 785 g/mol. The van der Waals surface area contributed by atoms with Gasteiger partial charge in [-0.2, -0.15) is 0 Å². The van der Waals surface area contributed by atoms with Crippen molar-refractivity contribution in [2.45, 2.75) is 213 Å². The van der Waals surface area contributed by atoms with Gasteiger partial charge < -0.3 is 24.4 Å². The van der Waals surface area contributed by atoms with E-state index in [1.165, 1.54) is 116 Å². The number of aliphatic hydroxyl groups excluding tert-OH is 1. The lowest BCUT2D eigenvalue weighted by molar-refractivity contribution is -0.161. The fourth-order valence-corrected chi connectivity index (χ4v) is 6.52. The summed E-state index contributed by atoms with van der Waals surface area (Å²) >= 11 is 0. The van der Waals surface area contributed by atoms with Crippen molar-refractivity contribution in [3.05, 3.63) is 36.5 Å². The molecule has 0 aliphatic carbocycles. The van der Waals surface area contributed by atoms with Gasteiger partial charge in [-0.15, -0.1) is 0 Å². The second-order valence-electron chi connectivity index (χ2n) is 15.4. The van der Waals surface area contributed by atoms with Gasteiger partial charge in [0.25, 0.3) is 0 Å². The molecule has 0 fully saturated rings. The molecule has 9 nitrogen and oxygen atoms in total. The van der Waals surface area contributed by atoms with Gasteiger partial charge in [0.1, 0.15) is 6.61 Å². The molecule has 54 heavy (non-hydrogen) atoms. The molecule has 0 saturated heterocycles. The number of phosphoric acid groups is 1. The summed E-state index contributed by atoms with van der Waals surface area (Å²) in [6.45, 7) is 5.88. The summed E-state index contributed by atoms with van der Waals surface area (Å²) in [7, 11) is -4.81. The molecule has 0 aliphatic rings. The second-order valence-corrected chi connectivity index (χ2v) is 16.6. The summed E-state index contributed by atoms with van der Waals surface area (Å²) < 4.78 is 26.3. The maximum absolute atomic E-state index is 12.4. The van der Waals surface area contributed by atoms with Crippen LogP contribution in [-0.2, 0) is 28.2 Å². The van der Waals surface area contributed by atoms with E-state index in [4.69, 9.17) is 19.3 Å². The van der Waals surface area contributed by atoms with E-state index in [0.29, 0.717) is 19.3 Å². The van der Waals surface area contributed by atoms with E-state index in [1.54, 1.807) is 12.2 Å². The topological polar surface area (TPSA) is 140 Å². The lowest BCUT2D eigenvalue weighted by atomic mass is 10.0. The van der Waals surface area contributed by atoms with Gasteiger partial charge in [0, 0.05) is 12.8 Å². The first-order chi connectivity index (χ1) is 26.0. The second kappa shape index (κ2) is 38.1. The Morgan fingerprint density at radius 1 is 0.611 bits per heavy atom. The molecular weight excluding hydrogens is 703 g/mol. The van der Waals surface area contributed by atoms with Crippen LogP contribution in [0.2, 0.25) is 0 Å². The molecule has 0 rings (SSSR count). The third-order valence-corrected chi connectivity index (χ3v) is 9.93. The highest BCUT2D eigenvalue weighted by Crippen LogP contribution is 2.36. The van der Waals surface area contributed by atoms with Crippen LogP contribution >= 0.6 is 7.82 Å². The van der Waals surface area contributed by atoms with Crippen LogP contribution in [0.4, 0.5) is 0 Å². The van der Waals surface area contributed by atoms with Crippen LogP contribution in [0, 0.1) is 5.92 Å². The number of aliphatic hydroxyl groups is 1. The fourth-order valence-electron chi connectivity index (χ4n) is 6.16. The number of carbonyl (C=O) groups is 2. The highest BCUT2D eigenvalue weighted by atomic mass is 31.2. The van der Waals surface area contributed by atoms with Gasteiger partial charge >= 0.3 is 19.8 Å². The molecule has 0 bridgehead atoms. The first-order valence-electron chi connectivity index (χ1n) is 21.7. The number of ether oxygens (including phenoxy) is 2. The zero-order valence-corrected chi connectivity index (χ0v) is 35.5. The Morgan fingerprint density at radius 2 is 1.15 bits per heavy atom. The first kappa shape index (κ1) is 52.2. The van der Waals surface area contributed by atoms with E-state index in [9.17, 15) is 19.3 Å². The Balaban J connectivity index is 4.06. The quantitative estimate of drug-likeness (QED) is 0.0183. The highest BCUT2D eigenvalue weighted by molar-refractivity contribution is 7.46. The Morgan fingerprint density at radius 3 is 1.72 bits per heavy atom. The largest absolute Gasteiger partial charge is 0.469 e. The van der Waals surface area contributed by atoms with Crippen molar-refractivity contribution < 1.29 is 43.0 Å². The Hall–Kier alpha value is -1.77. The lowest BCUT2D eigenvalue weighted by Crippen LogP contribution is -2.29. The number of esters is 2. The number of allylic oxidation sites excluding steroid dienone is 5. The van der Waals surface area contributed by atoms with E-state index in [0.717, 1.165) is 38.0 Å². The smallest absolute Gasteiger partial charge is 0.462 e. The number of rotatable bonds is 39. The average Bonchev–Trinajstić information content (AvgIpc) is 3.12. The molecule has 1 unspecified atom stereocenters. The maximum Gasteiger partial charge on any atom is 0.469 e. The van der Waals surface area contributed by atoms with Gasteiger partial charge in [0.2, 0.25) is 0 Å². The molecule has 2 atom stereocenters. The minimum absolute atomic E-state index is 0.0106. The summed E-state index contributed by atoms with van der Waals surface area (Å²) in [5.41, 5.74) is 0. The molecule has 3 N–H and O–H groups in total. The van der Waals surface area contributed by atoms with Gasteiger partial charge in [0.15, 0.2) is 6.10 Å². The molecule has 0 saturated carbocycles. The lowest BCUT2D eigenvalue weighted by Gasteiger charge is -2.18. The van der Waals surface area contributed by atoms with Crippen LogP contribution in [0.15, 0.2) is 36.5 Å². The fraction of sp³-hybridized carbons (Fsp3) is 0.818. The van der Waals surface area contributed by atoms with Crippen LogP contribution in [0.1, 0.15) is 201 Å². The number of unbranched alkanes of at least 4 members (excludes halogenated alkanes) is 20. The van der Waals surface area contributed by atoms with E-state index in [-0.39, 0.29) is 19.4 Å². The number of phosphoric ester groups is 1. The summed E-state index contributed by atoms with van der Waals surface area (Å²) in [6.07, 6.45) is 40.4. The van der Waals surface area contributed by atoms with Crippen LogP contribution in [0.3, 0.4) is 0 Å². The van der Waals surface area contributed by atoms with Crippen molar-refractivity contribution in [3.8, 4) is 0 Å². The third-order valence-electron chi connectivity index (χ3n) is 9.44. The molecule has 0 aromatic rings. The maximum atomic E-state index is 12.4. The van der Waals surface area contributed by atoms with Crippen molar-refractivity contribution in [3.63, 3.8) is 0 Å². The molecule has 0 heterocycles. The zero-order chi connectivity index (χ0) is 40.0. The Bertz CT molecular complexity index is 1000. The van der Waals surface area contributed by atoms with Crippen molar-refractivity contribution >= 4 is 19.8 Å². The SMILES string of the molecule is CCCCCCCC/C=C/C/C=C/C=C/C(O)CCCC(=O)O[C@H](COC(=O)CCCCCCCCCCCCCCCCCC(C)C)COP(=O)(O)O. The molecule has 0 aromatic heterocycles. The molecule has 10 heteroatoms. The standard InChI is InChI=1S/C44H81O9P/c1-4-5-6-7-8-9-10-14-18-21-24-27-30-34-41(45)35-32-37-44(47)53-42(39-52-54(48,49)50)38-51-43(46)36-31-28-25-22-19-16-13-11-12-15-17-20-23-26-29-33-40(2)3/h14,18,24,27,30,34,40-42,45H,4-13,15-17,19-23,25-26,28-29,31-33,35-39H2,1-3H3,(H2,48,49,50)/b18-14+,27-24+,34-30+/t41?,42-/m1/s1. The average molecular weight is 785 g/mol.